The fraction of sp³-hybridized carbons (Fsp3) is 0.316. The van der Waals surface area contributed by atoms with Gasteiger partial charge in [-0.15, -0.1) is 0 Å². The van der Waals surface area contributed by atoms with Crippen molar-refractivity contribution >= 4 is 17.4 Å². The van der Waals surface area contributed by atoms with E-state index in [9.17, 15) is 4.79 Å². The zero-order valence-corrected chi connectivity index (χ0v) is 14.0. The highest BCUT2D eigenvalue weighted by molar-refractivity contribution is 6.03. The lowest BCUT2D eigenvalue weighted by molar-refractivity contribution is 0.171. The second-order valence-corrected chi connectivity index (χ2v) is 6.02. The molecule has 6 nitrogen and oxygen atoms in total. The molecule has 4 rings (SSSR count). The van der Waals surface area contributed by atoms with Gasteiger partial charge in [0.1, 0.15) is 25.1 Å². The predicted molar refractivity (Wildman–Crippen MR) is 94.9 cm³/mol. The first-order valence-corrected chi connectivity index (χ1v) is 8.48. The van der Waals surface area contributed by atoms with Gasteiger partial charge in [-0.2, -0.15) is 0 Å². The Morgan fingerprint density at radius 2 is 1.92 bits per heavy atom. The number of nitrogens with zero attached hydrogens (tertiary/aromatic N) is 1. The number of nitrogens with one attached hydrogen (secondary N) is 1. The van der Waals surface area contributed by atoms with Gasteiger partial charge >= 0.3 is 6.03 Å². The lowest BCUT2D eigenvalue weighted by Gasteiger charge is -2.34. The van der Waals surface area contributed by atoms with Crippen molar-refractivity contribution in [3.63, 3.8) is 0 Å². The maximum absolute atomic E-state index is 12.8. The quantitative estimate of drug-likeness (QED) is 0.906. The van der Waals surface area contributed by atoms with E-state index in [-0.39, 0.29) is 12.1 Å². The van der Waals surface area contributed by atoms with Gasteiger partial charge in [-0.1, -0.05) is 19.1 Å². The van der Waals surface area contributed by atoms with Crippen molar-refractivity contribution in [2.45, 2.75) is 19.4 Å². The first-order valence-electron chi connectivity index (χ1n) is 8.48. The van der Waals surface area contributed by atoms with Crippen molar-refractivity contribution in [1.82, 2.24) is 0 Å². The summed E-state index contributed by atoms with van der Waals surface area (Å²) in [4.78, 5) is 14.6. The van der Waals surface area contributed by atoms with Crippen molar-refractivity contribution in [3.8, 4) is 17.2 Å². The molecule has 0 saturated heterocycles. The number of ether oxygens (including phenoxy) is 3. The van der Waals surface area contributed by atoms with Crippen molar-refractivity contribution in [3.05, 3.63) is 42.5 Å². The zero-order valence-electron chi connectivity index (χ0n) is 14.0. The van der Waals surface area contributed by atoms with E-state index >= 15 is 0 Å². The Bertz CT molecular complexity index is 793. The number of hydrogen-bond donors (Lipinski definition) is 1. The molecule has 0 saturated carbocycles. The summed E-state index contributed by atoms with van der Waals surface area (Å²) < 4.78 is 17.0. The van der Waals surface area contributed by atoms with E-state index in [2.05, 4.69) is 12.2 Å². The van der Waals surface area contributed by atoms with Crippen LogP contribution in [0.1, 0.15) is 13.3 Å². The highest BCUT2D eigenvalue weighted by atomic mass is 16.6. The molecule has 2 aromatic rings. The molecule has 0 aliphatic carbocycles. The Labute approximate surface area is 146 Å². The van der Waals surface area contributed by atoms with Crippen LogP contribution in [0.15, 0.2) is 42.5 Å². The molecule has 1 unspecified atom stereocenters. The van der Waals surface area contributed by atoms with Gasteiger partial charge in [0, 0.05) is 11.8 Å². The van der Waals surface area contributed by atoms with Gasteiger partial charge in [0.05, 0.1) is 12.2 Å². The first-order chi connectivity index (χ1) is 12.2. The van der Waals surface area contributed by atoms with Gasteiger partial charge in [-0.25, -0.2) is 4.79 Å². The molecular formula is C19H20N2O4. The van der Waals surface area contributed by atoms with Gasteiger partial charge < -0.3 is 19.5 Å². The van der Waals surface area contributed by atoms with E-state index in [1.807, 2.05) is 36.4 Å². The molecule has 6 heteroatoms. The summed E-state index contributed by atoms with van der Waals surface area (Å²) in [5, 5.41) is 2.94. The lowest BCUT2D eigenvalue weighted by atomic mass is 10.1. The van der Waals surface area contributed by atoms with Gasteiger partial charge in [0.15, 0.2) is 11.5 Å². The van der Waals surface area contributed by atoms with Crippen LogP contribution in [0.2, 0.25) is 0 Å². The number of carbonyl (C=O) groups excluding carboxylic acids is 1. The Balaban J connectivity index is 1.56. The molecule has 0 fully saturated rings. The van der Waals surface area contributed by atoms with Gasteiger partial charge in [0.2, 0.25) is 0 Å². The molecule has 2 aliphatic heterocycles. The third kappa shape index (κ3) is 3.07. The summed E-state index contributed by atoms with van der Waals surface area (Å²) in [7, 11) is 0. The van der Waals surface area contributed by atoms with E-state index in [0.29, 0.717) is 36.9 Å². The van der Waals surface area contributed by atoms with Crippen LogP contribution in [-0.4, -0.2) is 31.9 Å². The number of benzene rings is 2. The Kier molecular flexibility index (Phi) is 4.09. The molecule has 2 aliphatic rings. The van der Waals surface area contributed by atoms with Crippen molar-refractivity contribution < 1.29 is 19.0 Å². The summed E-state index contributed by atoms with van der Waals surface area (Å²) in [6.07, 6.45) is 0.822. The monoisotopic (exact) mass is 340 g/mol. The van der Waals surface area contributed by atoms with E-state index in [1.54, 1.807) is 11.0 Å². The average Bonchev–Trinajstić information content (AvgIpc) is 2.67. The molecule has 130 valence electrons. The number of fused-ring (bicyclic) bond motifs is 2. The summed E-state index contributed by atoms with van der Waals surface area (Å²) in [6.45, 7) is 3.63. The Hall–Kier alpha value is -2.89. The van der Waals surface area contributed by atoms with Gasteiger partial charge in [0.25, 0.3) is 0 Å². The first kappa shape index (κ1) is 15.6. The van der Waals surface area contributed by atoms with Crippen LogP contribution in [-0.2, 0) is 0 Å². The minimum Gasteiger partial charge on any atom is -0.486 e. The topological polar surface area (TPSA) is 60.0 Å². The third-order valence-corrected chi connectivity index (χ3v) is 4.33. The molecule has 0 bridgehead atoms. The molecule has 1 atom stereocenters. The van der Waals surface area contributed by atoms with Crippen LogP contribution >= 0.6 is 0 Å². The SMILES string of the molecule is CCC1CN(C(=O)Nc2ccc3c(c2)OCCO3)c2ccccc2O1. The molecular weight excluding hydrogens is 320 g/mol. The van der Waals surface area contributed by atoms with Gasteiger partial charge in [-0.05, 0) is 30.7 Å². The number of carbonyl (C=O) groups is 1. The highest BCUT2D eigenvalue weighted by Crippen LogP contribution is 2.35. The Morgan fingerprint density at radius 1 is 1.12 bits per heavy atom. The number of anilines is 2. The number of rotatable bonds is 2. The fourth-order valence-electron chi connectivity index (χ4n) is 3.02. The largest absolute Gasteiger partial charge is 0.486 e. The zero-order chi connectivity index (χ0) is 17.2. The minimum atomic E-state index is -0.189. The maximum Gasteiger partial charge on any atom is 0.326 e. The second-order valence-electron chi connectivity index (χ2n) is 6.02. The van der Waals surface area contributed by atoms with Crippen LogP contribution in [0.25, 0.3) is 0 Å². The summed E-state index contributed by atoms with van der Waals surface area (Å²) >= 11 is 0. The maximum atomic E-state index is 12.8. The van der Waals surface area contributed by atoms with Crippen molar-refractivity contribution in [2.24, 2.45) is 0 Å². The summed E-state index contributed by atoms with van der Waals surface area (Å²) in [6, 6.07) is 12.8. The van der Waals surface area contributed by atoms with E-state index < -0.39 is 0 Å². The van der Waals surface area contributed by atoms with E-state index in [1.165, 1.54) is 0 Å². The summed E-state index contributed by atoms with van der Waals surface area (Å²) in [5.41, 5.74) is 1.45. The molecule has 2 amide bonds. The van der Waals surface area contributed by atoms with Crippen LogP contribution in [0, 0.1) is 0 Å². The molecule has 0 aromatic heterocycles. The lowest BCUT2D eigenvalue weighted by Crippen LogP contribution is -2.45. The molecule has 1 N–H and O–H groups in total. The number of urea groups is 1. The second kappa shape index (κ2) is 6.55. The minimum absolute atomic E-state index is 0.0130. The molecule has 2 heterocycles. The smallest absolute Gasteiger partial charge is 0.326 e. The molecule has 0 spiro atoms. The normalized spacial score (nSPS) is 18.1. The van der Waals surface area contributed by atoms with E-state index in [0.717, 1.165) is 17.9 Å². The van der Waals surface area contributed by atoms with Crippen LogP contribution in [0.3, 0.4) is 0 Å². The number of para-hydroxylation sites is 2. The standard InChI is InChI=1S/C19H20N2O4/c1-2-14-12-21(15-5-3-4-6-16(15)25-14)19(22)20-13-7-8-17-18(11-13)24-10-9-23-17/h3-8,11,14H,2,9-10,12H2,1H3,(H,20,22). The predicted octanol–water partition coefficient (Wildman–Crippen LogP) is 3.67. The molecule has 25 heavy (non-hydrogen) atoms. The fourth-order valence-corrected chi connectivity index (χ4v) is 3.02. The Morgan fingerprint density at radius 3 is 2.76 bits per heavy atom. The third-order valence-electron chi connectivity index (χ3n) is 4.33. The van der Waals surface area contributed by atoms with Crippen LogP contribution < -0.4 is 24.4 Å². The summed E-state index contributed by atoms with van der Waals surface area (Å²) in [5.74, 6) is 2.09. The van der Waals surface area contributed by atoms with Crippen molar-refractivity contribution in [1.29, 1.82) is 0 Å². The number of amides is 2. The van der Waals surface area contributed by atoms with Gasteiger partial charge in [-0.3, -0.25) is 4.90 Å². The number of hydrogen-bond acceptors (Lipinski definition) is 4. The highest BCUT2D eigenvalue weighted by Gasteiger charge is 2.29. The van der Waals surface area contributed by atoms with E-state index in [4.69, 9.17) is 14.2 Å². The molecule has 0 radical (unpaired) electrons. The van der Waals surface area contributed by atoms with Crippen LogP contribution in [0.4, 0.5) is 16.2 Å². The van der Waals surface area contributed by atoms with Crippen LogP contribution in [0.5, 0.6) is 17.2 Å². The molecule has 2 aromatic carbocycles. The van der Waals surface area contributed by atoms with Crippen molar-refractivity contribution in [2.75, 3.05) is 30.0 Å². The average molecular weight is 340 g/mol.